The molecule has 1 aliphatic rings. The first-order valence-electron chi connectivity index (χ1n) is 21.0. The van der Waals surface area contributed by atoms with Crippen molar-refractivity contribution in [3.8, 4) is 45.1 Å². The zero-order chi connectivity index (χ0) is 41.4. The summed E-state index contributed by atoms with van der Waals surface area (Å²) in [5.74, 6) is 0. The molecule has 0 radical (unpaired) electrons. The second-order valence-electron chi connectivity index (χ2n) is 16.8. The number of fused-ring (bicyclic) bond motifs is 6. The van der Waals surface area contributed by atoms with E-state index in [1.165, 1.54) is 59.4 Å². The summed E-state index contributed by atoms with van der Waals surface area (Å²) in [6, 6.07) is 61.6. The maximum absolute atomic E-state index is 4.94. The third-order valence-electron chi connectivity index (χ3n) is 12.4. The van der Waals surface area contributed by atoms with Gasteiger partial charge in [-0.2, -0.15) is 0 Å². The van der Waals surface area contributed by atoms with Gasteiger partial charge in [-0.3, -0.25) is 14.1 Å². The third kappa shape index (κ3) is 5.87. The molecule has 294 valence electrons. The van der Waals surface area contributed by atoms with E-state index < -0.39 is 0 Å². The number of pyridine rings is 1. The second-order valence-corrected chi connectivity index (χ2v) is 17.8. The van der Waals surface area contributed by atoms with Gasteiger partial charge in [0, 0.05) is 43.0 Å². The molecule has 0 saturated heterocycles. The van der Waals surface area contributed by atoms with Crippen molar-refractivity contribution in [1.82, 2.24) is 9.55 Å². The van der Waals surface area contributed by atoms with Crippen LogP contribution >= 0.6 is 11.3 Å². The monoisotopic (exact) mass is 804 g/mol. The largest absolute Gasteiger partial charge is 0.310 e. The summed E-state index contributed by atoms with van der Waals surface area (Å²) in [7, 11) is 0. The van der Waals surface area contributed by atoms with Crippen LogP contribution in [0.5, 0.6) is 0 Å². The molecule has 0 bridgehead atoms. The molecule has 3 aromatic heterocycles. The smallest absolute Gasteiger partial charge is 0.269 e. The SMILES string of the molecule is Cc1cc(C)c(-[n+]2[c-]n(-c3cccc(N4c5ccccc5C(C)(C)c5c4cc(-c4ccccn4)c4sc6ccccc6c54)c3)c(-c3ccccc3)c2-c2ccccc2)c(C)c1. The summed E-state index contributed by atoms with van der Waals surface area (Å²) in [6.45, 7) is 11.4. The Morgan fingerprint density at radius 2 is 1.30 bits per heavy atom. The Balaban J connectivity index is 1.21. The highest BCUT2D eigenvalue weighted by Gasteiger charge is 2.40. The first-order chi connectivity index (χ1) is 29.8. The Kier molecular flexibility index (Phi) is 8.66. The number of benzene rings is 7. The topological polar surface area (TPSA) is 24.9 Å². The standard InChI is InChI=1S/C56H44N4S/c1-36-31-37(2)52(38(3)32-36)59-35-58(53(39-19-8-6-9-20-39)54(59)40-21-10-7-11-22-40)41-23-18-24-42(33-41)60-47-28-14-13-26-45(47)56(4,5)51-48(60)34-44(46-27-16-17-30-57-46)55-50(51)43-25-12-15-29-49(43)61-55/h6-34H,1-5H3. The molecule has 0 amide bonds. The van der Waals surface area contributed by atoms with Gasteiger partial charge in [0.1, 0.15) is 0 Å². The van der Waals surface area contributed by atoms with Crippen LogP contribution in [0.25, 0.3) is 65.3 Å². The number of hydrogen-bond acceptors (Lipinski definition) is 3. The Hall–Kier alpha value is -7.08. The van der Waals surface area contributed by atoms with Crippen molar-refractivity contribution >= 4 is 48.6 Å². The number of thiophene rings is 1. The minimum atomic E-state index is -0.292. The molecule has 5 heteroatoms. The number of aromatic nitrogens is 3. The molecular formula is C56H44N4S. The van der Waals surface area contributed by atoms with E-state index in [9.17, 15) is 0 Å². The molecule has 4 heterocycles. The Morgan fingerprint density at radius 1 is 0.623 bits per heavy atom. The minimum Gasteiger partial charge on any atom is -0.310 e. The van der Waals surface area contributed by atoms with Crippen LogP contribution in [0.3, 0.4) is 0 Å². The number of nitrogens with zero attached hydrogens (tertiary/aromatic N) is 4. The van der Waals surface area contributed by atoms with Gasteiger partial charge in [-0.25, -0.2) is 0 Å². The fourth-order valence-electron chi connectivity index (χ4n) is 9.93. The van der Waals surface area contributed by atoms with Crippen molar-refractivity contribution in [1.29, 1.82) is 0 Å². The summed E-state index contributed by atoms with van der Waals surface area (Å²) in [6.07, 6.45) is 5.85. The Morgan fingerprint density at radius 3 is 2.05 bits per heavy atom. The van der Waals surface area contributed by atoms with E-state index in [-0.39, 0.29) is 5.41 Å². The van der Waals surface area contributed by atoms with Gasteiger partial charge in [0.25, 0.3) is 6.33 Å². The summed E-state index contributed by atoms with van der Waals surface area (Å²) in [5, 5.41) is 2.59. The number of hydrogen-bond donors (Lipinski definition) is 0. The van der Waals surface area contributed by atoms with Crippen LogP contribution in [0.1, 0.15) is 41.7 Å². The van der Waals surface area contributed by atoms with Gasteiger partial charge in [-0.05, 0) is 103 Å². The highest BCUT2D eigenvalue weighted by atomic mass is 32.1. The molecule has 1 aliphatic heterocycles. The maximum Gasteiger partial charge on any atom is 0.269 e. The number of rotatable bonds is 6. The van der Waals surface area contributed by atoms with Crippen LogP contribution < -0.4 is 9.47 Å². The number of para-hydroxylation sites is 1. The highest BCUT2D eigenvalue weighted by molar-refractivity contribution is 7.26. The lowest BCUT2D eigenvalue weighted by Crippen LogP contribution is -2.34. The quantitative estimate of drug-likeness (QED) is 0.124. The lowest BCUT2D eigenvalue weighted by molar-refractivity contribution is -0.588. The molecule has 10 aromatic rings. The molecule has 0 spiro atoms. The average molecular weight is 805 g/mol. The van der Waals surface area contributed by atoms with E-state index in [2.05, 4.69) is 219 Å². The third-order valence-corrected chi connectivity index (χ3v) is 13.6. The van der Waals surface area contributed by atoms with E-state index >= 15 is 0 Å². The number of anilines is 3. The molecule has 0 atom stereocenters. The maximum atomic E-state index is 4.94. The fourth-order valence-corrected chi connectivity index (χ4v) is 11.2. The highest BCUT2D eigenvalue weighted by Crippen LogP contribution is 2.57. The van der Waals surface area contributed by atoms with Crippen molar-refractivity contribution in [2.45, 2.75) is 40.0 Å². The predicted octanol–water partition coefficient (Wildman–Crippen LogP) is 14.4. The van der Waals surface area contributed by atoms with Gasteiger partial charge in [0.15, 0.2) is 0 Å². The predicted molar refractivity (Wildman–Crippen MR) is 254 cm³/mol. The van der Waals surface area contributed by atoms with Crippen LogP contribution in [-0.2, 0) is 5.41 Å². The molecule has 0 unspecified atom stereocenters. The van der Waals surface area contributed by atoms with Crippen LogP contribution in [-0.4, -0.2) is 9.55 Å². The van der Waals surface area contributed by atoms with Crippen molar-refractivity contribution < 1.29 is 4.57 Å². The minimum absolute atomic E-state index is 0.292. The van der Waals surface area contributed by atoms with E-state index in [1.54, 1.807) is 0 Å². The molecule has 0 N–H and O–H groups in total. The molecule has 11 rings (SSSR count). The molecule has 4 nitrogen and oxygen atoms in total. The molecule has 7 aromatic carbocycles. The summed E-state index contributed by atoms with van der Waals surface area (Å²) in [5.41, 5.74) is 18.1. The number of imidazole rings is 1. The first-order valence-corrected chi connectivity index (χ1v) is 21.8. The lowest BCUT2D eigenvalue weighted by Gasteiger charge is -2.43. The molecule has 61 heavy (non-hydrogen) atoms. The lowest BCUT2D eigenvalue weighted by atomic mass is 9.71. The van der Waals surface area contributed by atoms with Gasteiger partial charge < -0.3 is 4.90 Å². The van der Waals surface area contributed by atoms with E-state index in [0.29, 0.717) is 0 Å². The molecule has 0 fully saturated rings. The molecular weight excluding hydrogens is 761 g/mol. The van der Waals surface area contributed by atoms with Gasteiger partial charge in [-0.1, -0.05) is 141 Å². The van der Waals surface area contributed by atoms with E-state index in [0.717, 1.165) is 50.8 Å². The first kappa shape index (κ1) is 37.0. The van der Waals surface area contributed by atoms with Crippen molar-refractivity contribution in [2.75, 3.05) is 4.90 Å². The van der Waals surface area contributed by atoms with Gasteiger partial charge in [0.05, 0.1) is 39.8 Å². The van der Waals surface area contributed by atoms with Crippen LogP contribution in [0.15, 0.2) is 176 Å². The van der Waals surface area contributed by atoms with Crippen molar-refractivity contribution in [3.05, 3.63) is 210 Å². The van der Waals surface area contributed by atoms with E-state index in [1.807, 2.05) is 23.6 Å². The van der Waals surface area contributed by atoms with Crippen LogP contribution in [0.4, 0.5) is 17.1 Å². The summed E-state index contributed by atoms with van der Waals surface area (Å²) < 4.78 is 7.12. The summed E-state index contributed by atoms with van der Waals surface area (Å²) >= 11 is 1.87. The van der Waals surface area contributed by atoms with Gasteiger partial charge in [-0.15, -0.1) is 11.3 Å². The summed E-state index contributed by atoms with van der Waals surface area (Å²) in [4.78, 5) is 7.43. The Labute approximate surface area is 361 Å². The molecule has 0 saturated carbocycles. The zero-order valence-corrected chi connectivity index (χ0v) is 35.8. The van der Waals surface area contributed by atoms with Crippen LogP contribution in [0, 0.1) is 27.1 Å². The Bertz CT molecular complexity index is 3280. The van der Waals surface area contributed by atoms with Crippen LogP contribution in [0.2, 0.25) is 0 Å². The second kappa shape index (κ2) is 14.3. The van der Waals surface area contributed by atoms with Crippen molar-refractivity contribution in [3.63, 3.8) is 0 Å². The molecule has 0 aliphatic carbocycles. The zero-order valence-electron chi connectivity index (χ0n) is 34.9. The number of aryl methyl sites for hydroxylation is 3. The van der Waals surface area contributed by atoms with Gasteiger partial charge in [0.2, 0.25) is 0 Å². The average Bonchev–Trinajstić information content (AvgIpc) is 3.87. The van der Waals surface area contributed by atoms with Gasteiger partial charge >= 0.3 is 0 Å². The fraction of sp³-hybridized carbons (Fsp3) is 0.107. The normalized spacial score (nSPS) is 13.1. The van der Waals surface area contributed by atoms with E-state index in [4.69, 9.17) is 4.98 Å². The van der Waals surface area contributed by atoms with Crippen molar-refractivity contribution in [2.24, 2.45) is 0 Å².